The van der Waals surface area contributed by atoms with Crippen molar-refractivity contribution in [2.45, 2.75) is 13.0 Å². The van der Waals surface area contributed by atoms with Crippen molar-refractivity contribution in [3.05, 3.63) is 59.5 Å². The predicted molar refractivity (Wildman–Crippen MR) is 55.9 cm³/mol. The van der Waals surface area contributed by atoms with Gasteiger partial charge in [-0.15, -0.1) is 0 Å². The maximum Gasteiger partial charge on any atom is 0.127 e. The Kier molecular flexibility index (Phi) is 2.37. The lowest BCUT2D eigenvalue weighted by molar-refractivity contribution is 0.487. The fourth-order valence-corrected chi connectivity index (χ4v) is 1.51. The van der Waals surface area contributed by atoms with Gasteiger partial charge in [0.1, 0.15) is 5.76 Å². The molecule has 0 fully saturated rings. The van der Waals surface area contributed by atoms with E-state index >= 15 is 0 Å². The summed E-state index contributed by atoms with van der Waals surface area (Å²) >= 11 is 0. The van der Waals surface area contributed by atoms with Crippen LogP contribution in [-0.2, 0) is 0 Å². The quantitative estimate of drug-likeness (QED) is 0.785. The summed E-state index contributed by atoms with van der Waals surface area (Å²) in [5, 5.41) is 0. The molecule has 0 aliphatic rings. The third-order valence-electron chi connectivity index (χ3n) is 2.34. The van der Waals surface area contributed by atoms with Crippen molar-refractivity contribution < 1.29 is 4.42 Å². The van der Waals surface area contributed by atoms with E-state index in [1.807, 2.05) is 43.3 Å². The van der Waals surface area contributed by atoms with Crippen LogP contribution in [0.1, 0.15) is 22.9 Å². The molecule has 0 saturated heterocycles. The monoisotopic (exact) mass is 187 g/mol. The Hall–Kier alpha value is -1.54. The summed E-state index contributed by atoms with van der Waals surface area (Å²) in [7, 11) is 0. The zero-order valence-electron chi connectivity index (χ0n) is 8.10. The molecule has 2 rings (SSSR count). The van der Waals surface area contributed by atoms with E-state index in [1.165, 1.54) is 0 Å². The highest BCUT2D eigenvalue weighted by molar-refractivity contribution is 5.29. The molecule has 0 aliphatic carbocycles. The molecule has 2 aromatic rings. The van der Waals surface area contributed by atoms with Gasteiger partial charge in [-0.25, -0.2) is 0 Å². The number of furan rings is 1. The Morgan fingerprint density at radius 2 is 1.86 bits per heavy atom. The van der Waals surface area contributed by atoms with Crippen LogP contribution in [-0.4, -0.2) is 0 Å². The molecular formula is C12H13NO. The van der Waals surface area contributed by atoms with Gasteiger partial charge in [-0.2, -0.15) is 0 Å². The molecule has 2 heteroatoms. The van der Waals surface area contributed by atoms with Crippen LogP contribution in [0.15, 0.2) is 47.1 Å². The van der Waals surface area contributed by atoms with Crippen molar-refractivity contribution in [2.75, 3.05) is 0 Å². The first-order chi connectivity index (χ1) is 6.79. The Labute approximate surface area is 83.4 Å². The summed E-state index contributed by atoms with van der Waals surface area (Å²) in [5.74, 6) is 0.844. The molecule has 0 unspecified atom stereocenters. The number of hydrogen-bond donors (Lipinski definition) is 1. The van der Waals surface area contributed by atoms with Crippen LogP contribution in [0.2, 0.25) is 0 Å². The van der Waals surface area contributed by atoms with Gasteiger partial charge >= 0.3 is 0 Å². The van der Waals surface area contributed by atoms with Gasteiger partial charge in [0.15, 0.2) is 0 Å². The molecule has 0 radical (unpaired) electrons. The molecule has 0 amide bonds. The van der Waals surface area contributed by atoms with E-state index in [1.54, 1.807) is 6.26 Å². The van der Waals surface area contributed by atoms with E-state index in [0.717, 1.165) is 16.9 Å². The number of benzene rings is 1. The largest absolute Gasteiger partial charge is 0.467 e. The Balaban J connectivity index is 2.34. The summed E-state index contributed by atoms with van der Waals surface area (Å²) in [6, 6.07) is 11.7. The molecule has 2 N–H and O–H groups in total. The molecule has 1 atom stereocenters. The predicted octanol–water partition coefficient (Wildman–Crippen LogP) is 2.64. The Morgan fingerprint density at radius 1 is 1.14 bits per heavy atom. The highest BCUT2D eigenvalue weighted by Crippen LogP contribution is 2.22. The van der Waals surface area contributed by atoms with Gasteiger partial charge in [0.2, 0.25) is 0 Å². The molecule has 0 spiro atoms. The lowest BCUT2D eigenvalue weighted by atomic mass is 10.0. The van der Waals surface area contributed by atoms with Gasteiger partial charge in [-0.1, -0.05) is 30.3 Å². The molecule has 1 aromatic heterocycles. The van der Waals surface area contributed by atoms with Crippen LogP contribution < -0.4 is 5.73 Å². The SMILES string of the molecule is Cc1ccoc1[C@H](N)c1ccccc1. The number of rotatable bonds is 2. The summed E-state index contributed by atoms with van der Waals surface area (Å²) in [5.41, 5.74) is 8.24. The van der Waals surface area contributed by atoms with E-state index in [0.29, 0.717) is 0 Å². The third kappa shape index (κ3) is 1.56. The van der Waals surface area contributed by atoms with E-state index in [2.05, 4.69) is 0 Å². The third-order valence-corrected chi connectivity index (χ3v) is 2.34. The highest BCUT2D eigenvalue weighted by Gasteiger charge is 2.13. The van der Waals surface area contributed by atoms with Crippen molar-refractivity contribution in [1.29, 1.82) is 0 Å². The summed E-state index contributed by atoms with van der Waals surface area (Å²) in [6.07, 6.45) is 1.67. The van der Waals surface area contributed by atoms with Crippen molar-refractivity contribution >= 4 is 0 Å². The van der Waals surface area contributed by atoms with Crippen LogP contribution >= 0.6 is 0 Å². The van der Waals surface area contributed by atoms with E-state index in [9.17, 15) is 0 Å². The minimum atomic E-state index is -0.161. The van der Waals surface area contributed by atoms with E-state index in [4.69, 9.17) is 10.2 Å². The molecule has 1 aromatic carbocycles. The molecule has 14 heavy (non-hydrogen) atoms. The topological polar surface area (TPSA) is 39.2 Å². The van der Waals surface area contributed by atoms with Crippen molar-refractivity contribution in [3.63, 3.8) is 0 Å². The fourth-order valence-electron chi connectivity index (χ4n) is 1.51. The smallest absolute Gasteiger partial charge is 0.127 e. The first-order valence-electron chi connectivity index (χ1n) is 4.63. The lowest BCUT2D eigenvalue weighted by Crippen LogP contribution is -2.11. The molecule has 0 aliphatic heterocycles. The van der Waals surface area contributed by atoms with Crippen molar-refractivity contribution in [3.8, 4) is 0 Å². The van der Waals surface area contributed by atoms with Crippen LogP contribution in [0, 0.1) is 6.92 Å². The van der Waals surface area contributed by atoms with Gasteiger partial charge in [-0.05, 0) is 24.1 Å². The second kappa shape index (κ2) is 3.68. The van der Waals surface area contributed by atoms with Gasteiger partial charge < -0.3 is 10.2 Å². The lowest BCUT2D eigenvalue weighted by Gasteiger charge is -2.09. The number of nitrogens with two attached hydrogens (primary N) is 1. The molecule has 2 nitrogen and oxygen atoms in total. The fraction of sp³-hybridized carbons (Fsp3) is 0.167. The molecule has 1 heterocycles. The molecule has 0 bridgehead atoms. The van der Waals surface area contributed by atoms with Crippen LogP contribution in [0.3, 0.4) is 0 Å². The molecule has 0 saturated carbocycles. The van der Waals surface area contributed by atoms with Crippen LogP contribution in [0.4, 0.5) is 0 Å². The normalized spacial score (nSPS) is 12.7. The first kappa shape index (κ1) is 9.03. The first-order valence-corrected chi connectivity index (χ1v) is 4.63. The Bertz CT molecular complexity index is 405. The maximum atomic E-state index is 6.07. The van der Waals surface area contributed by atoms with Gasteiger partial charge in [0.25, 0.3) is 0 Å². The van der Waals surface area contributed by atoms with Crippen molar-refractivity contribution in [1.82, 2.24) is 0 Å². The van der Waals surface area contributed by atoms with Gasteiger partial charge in [0, 0.05) is 0 Å². The number of hydrogen-bond acceptors (Lipinski definition) is 2. The van der Waals surface area contributed by atoms with Gasteiger partial charge in [-0.3, -0.25) is 0 Å². The highest BCUT2D eigenvalue weighted by atomic mass is 16.3. The van der Waals surface area contributed by atoms with Gasteiger partial charge in [0.05, 0.1) is 12.3 Å². The maximum absolute atomic E-state index is 6.07. The molecule has 72 valence electrons. The minimum Gasteiger partial charge on any atom is -0.467 e. The summed E-state index contributed by atoms with van der Waals surface area (Å²) < 4.78 is 5.36. The average Bonchev–Trinajstić information content (AvgIpc) is 2.65. The zero-order chi connectivity index (χ0) is 9.97. The van der Waals surface area contributed by atoms with E-state index in [-0.39, 0.29) is 6.04 Å². The number of aryl methyl sites for hydroxylation is 1. The second-order valence-electron chi connectivity index (χ2n) is 3.36. The van der Waals surface area contributed by atoms with Crippen LogP contribution in [0.5, 0.6) is 0 Å². The summed E-state index contributed by atoms with van der Waals surface area (Å²) in [6.45, 7) is 2.00. The van der Waals surface area contributed by atoms with Crippen molar-refractivity contribution in [2.24, 2.45) is 5.73 Å². The standard InChI is InChI=1S/C12H13NO/c1-9-7-8-14-12(9)11(13)10-5-3-2-4-6-10/h2-8,11H,13H2,1H3/t11-/m1/s1. The molecular weight excluding hydrogens is 174 g/mol. The second-order valence-corrected chi connectivity index (χ2v) is 3.36. The summed E-state index contributed by atoms with van der Waals surface area (Å²) in [4.78, 5) is 0. The zero-order valence-corrected chi connectivity index (χ0v) is 8.10. The average molecular weight is 187 g/mol. The van der Waals surface area contributed by atoms with Crippen LogP contribution in [0.25, 0.3) is 0 Å². The minimum absolute atomic E-state index is 0.161. The Morgan fingerprint density at radius 3 is 2.43 bits per heavy atom. The van der Waals surface area contributed by atoms with E-state index < -0.39 is 0 Å².